The number of nitrogens with two attached hydrogens (primary N) is 1. The zero-order chi connectivity index (χ0) is 19.9. The van der Waals surface area contributed by atoms with Crippen molar-refractivity contribution in [3.63, 3.8) is 0 Å². The van der Waals surface area contributed by atoms with Crippen LogP contribution >= 0.6 is 12.4 Å². The number of likely N-dealkylation sites (tertiary alicyclic amines) is 1. The number of ether oxygens (including phenoxy) is 1. The second kappa shape index (κ2) is 10.8. The number of nitrogens with one attached hydrogen (secondary N) is 1. The second-order valence-electron chi connectivity index (χ2n) is 6.75. The van der Waals surface area contributed by atoms with Crippen LogP contribution in [0.15, 0.2) is 48.5 Å². The van der Waals surface area contributed by atoms with E-state index in [1.54, 1.807) is 29.2 Å². The van der Waals surface area contributed by atoms with Gasteiger partial charge >= 0.3 is 0 Å². The maximum atomic E-state index is 13.1. The third-order valence-corrected chi connectivity index (χ3v) is 4.68. The number of hydrogen-bond donors (Lipinski definition) is 2. The van der Waals surface area contributed by atoms with Gasteiger partial charge in [0.1, 0.15) is 18.2 Å². The predicted octanol–water partition coefficient (Wildman–Crippen LogP) is 3.08. The Balaban J connectivity index is 0.00000300. The molecule has 0 spiro atoms. The van der Waals surface area contributed by atoms with Crippen molar-refractivity contribution in [1.82, 2.24) is 4.90 Å². The van der Waals surface area contributed by atoms with Crippen molar-refractivity contribution in [3.05, 3.63) is 59.9 Å². The quantitative estimate of drug-likeness (QED) is 0.750. The monoisotopic (exact) mass is 421 g/mol. The molecule has 8 heteroatoms. The Morgan fingerprint density at radius 1 is 1.14 bits per heavy atom. The number of anilines is 1. The lowest BCUT2D eigenvalue weighted by molar-refractivity contribution is -0.121. The standard InChI is InChI=1S/C21H24FN3O3.ClH/c22-17-5-3-15(4-6-17)21(27)25-12-1-2-16(14-25)20(26)24-18-7-9-19(10-8-18)28-13-11-23;/h3-10,16H,1-2,11-14,23H2,(H,24,26);1H. The third-order valence-electron chi connectivity index (χ3n) is 4.68. The fourth-order valence-electron chi connectivity index (χ4n) is 3.21. The molecule has 3 N–H and O–H groups in total. The molecule has 156 valence electrons. The van der Waals surface area contributed by atoms with Gasteiger partial charge in [0.05, 0.1) is 5.92 Å². The van der Waals surface area contributed by atoms with Gasteiger partial charge in [0.2, 0.25) is 5.91 Å². The number of rotatable bonds is 6. The molecular formula is C21H25ClFN3O3. The van der Waals surface area contributed by atoms with Crippen molar-refractivity contribution in [2.75, 3.05) is 31.6 Å². The van der Waals surface area contributed by atoms with Crippen LogP contribution in [0.5, 0.6) is 5.75 Å². The van der Waals surface area contributed by atoms with Gasteiger partial charge in [0.15, 0.2) is 0 Å². The minimum absolute atomic E-state index is 0. The van der Waals surface area contributed by atoms with Gasteiger partial charge in [0, 0.05) is 30.9 Å². The van der Waals surface area contributed by atoms with Crippen molar-refractivity contribution in [2.45, 2.75) is 12.8 Å². The number of benzene rings is 2. The molecule has 0 aromatic heterocycles. The molecule has 2 aromatic carbocycles. The van der Waals surface area contributed by atoms with Crippen LogP contribution in [0.25, 0.3) is 0 Å². The first kappa shape index (κ1) is 22.6. The van der Waals surface area contributed by atoms with Gasteiger partial charge in [0.25, 0.3) is 5.91 Å². The summed E-state index contributed by atoms with van der Waals surface area (Å²) in [7, 11) is 0. The summed E-state index contributed by atoms with van der Waals surface area (Å²) >= 11 is 0. The molecular weight excluding hydrogens is 397 g/mol. The molecule has 1 heterocycles. The lowest BCUT2D eigenvalue weighted by atomic mass is 9.96. The van der Waals surface area contributed by atoms with Crippen LogP contribution in [-0.2, 0) is 4.79 Å². The fraction of sp³-hybridized carbons (Fsp3) is 0.333. The molecule has 0 radical (unpaired) electrons. The van der Waals surface area contributed by atoms with Gasteiger partial charge < -0.3 is 20.7 Å². The fourth-order valence-corrected chi connectivity index (χ4v) is 3.21. The van der Waals surface area contributed by atoms with Crippen LogP contribution in [0.3, 0.4) is 0 Å². The number of nitrogens with zero attached hydrogens (tertiary/aromatic N) is 1. The number of carbonyl (C=O) groups is 2. The first-order valence-electron chi connectivity index (χ1n) is 9.35. The molecule has 1 unspecified atom stereocenters. The van der Waals surface area contributed by atoms with Gasteiger partial charge in [-0.05, 0) is 61.4 Å². The van der Waals surface area contributed by atoms with Gasteiger partial charge in [-0.2, -0.15) is 0 Å². The zero-order valence-electron chi connectivity index (χ0n) is 16.0. The molecule has 3 rings (SSSR count). The molecule has 2 amide bonds. The first-order valence-corrected chi connectivity index (χ1v) is 9.35. The highest BCUT2D eigenvalue weighted by atomic mass is 35.5. The summed E-state index contributed by atoms with van der Waals surface area (Å²) in [6, 6.07) is 12.6. The molecule has 1 atom stereocenters. The third kappa shape index (κ3) is 6.17. The van der Waals surface area contributed by atoms with E-state index in [1.165, 1.54) is 24.3 Å². The molecule has 6 nitrogen and oxygen atoms in total. The van der Waals surface area contributed by atoms with Crippen molar-refractivity contribution < 1.29 is 18.7 Å². The van der Waals surface area contributed by atoms with E-state index < -0.39 is 0 Å². The predicted molar refractivity (Wildman–Crippen MR) is 112 cm³/mol. The van der Waals surface area contributed by atoms with Crippen LogP contribution in [-0.4, -0.2) is 43.0 Å². The Morgan fingerprint density at radius 2 is 1.83 bits per heavy atom. The Morgan fingerprint density at radius 3 is 2.48 bits per heavy atom. The van der Waals surface area contributed by atoms with Gasteiger partial charge in [-0.15, -0.1) is 12.4 Å². The Labute approximate surface area is 175 Å². The Hall–Kier alpha value is -2.64. The van der Waals surface area contributed by atoms with E-state index in [9.17, 15) is 14.0 Å². The van der Waals surface area contributed by atoms with Crippen molar-refractivity contribution in [2.24, 2.45) is 11.7 Å². The largest absolute Gasteiger partial charge is 0.492 e. The average molecular weight is 422 g/mol. The first-order chi connectivity index (χ1) is 13.6. The zero-order valence-corrected chi connectivity index (χ0v) is 16.8. The highest BCUT2D eigenvalue weighted by Crippen LogP contribution is 2.22. The van der Waals surface area contributed by atoms with Crippen LogP contribution in [0, 0.1) is 11.7 Å². The number of piperidine rings is 1. The van der Waals surface area contributed by atoms with Crippen LogP contribution in [0.2, 0.25) is 0 Å². The van der Waals surface area contributed by atoms with E-state index in [2.05, 4.69) is 5.32 Å². The van der Waals surface area contributed by atoms with Crippen LogP contribution in [0.1, 0.15) is 23.2 Å². The van der Waals surface area contributed by atoms with E-state index in [0.717, 1.165) is 12.8 Å². The molecule has 1 aliphatic heterocycles. The SMILES string of the molecule is Cl.NCCOc1ccc(NC(=O)C2CCCN(C(=O)c3ccc(F)cc3)C2)cc1. The van der Waals surface area contributed by atoms with Crippen molar-refractivity contribution >= 4 is 29.9 Å². The van der Waals surface area contributed by atoms with Crippen LogP contribution < -0.4 is 15.8 Å². The van der Waals surface area contributed by atoms with Crippen molar-refractivity contribution in [1.29, 1.82) is 0 Å². The smallest absolute Gasteiger partial charge is 0.253 e. The topological polar surface area (TPSA) is 84.7 Å². The lowest BCUT2D eigenvalue weighted by Crippen LogP contribution is -2.43. The second-order valence-corrected chi connectivity index (χ2v) is 6.75. The Kier molecular flexibility index (Phi) is 8.42. The molecule has 1 saturated heterocycles. The minimum atomic E-state index is -0.383. The van der Waals surface area contributed by atoms with E-state index in [1.807, 2.05) is 0 Å². The van der Waals surface area contributed by atoms with E-state index in [0.29, 0.717) is 43.2 Å². The number of amides is 2. The number of carbonyl (C=O) groups excluding carboxylic acids is 2. The number of hydrogen-bond acceptors (Lipinski definition) is 4. The van der Waals surface area contributed by atoms with Gasteiger partial charge in [-0.25, -0.2) is 4.39 Å². The Bertz CT molecular complexity index is 815. The normalized spacial score (nSPS) is 15.9. The minimum Gasteiger partial charge on any atom is -0.492 e. The maximum absolute atomic E-state index is 13.1. The van der Waals surface area contributed by atoms with Gasteiger partial charge in [-0.3, -0.25) is 9.59 Å². The highest BCUT2D eigenvalue weighted by molar-refractivity contribution is 5.96. The summed E-state index contributed by atoms with van der Waals surface area (Å²) in [5.74, 6) is -0.276. The average Bonchev–Trinajstić information content (AvgIpc) is 2.73. The molecule has 29 heavy (non-hydrogen) atoms. The maximum Gasteiger partial charge on any atom is 0.253 e. The van der Waals surface area contributed by atoms with E-state index in [4.69, 9.17) is 10.5 Å². The van der Waals surface area contributed by atoms with E-state index >= 15 is 0 Å². The molecule has 1 aliphatic rings. The summed E-state index contributed by atoms with van der Waals surface area (Å²) in [5.41, 5.74) is 6.50. The molecule has 0 aliphatic carbocycles. The lowest BCUT2D eigenvalue weighted by Gasteiger charge is -2.32. The summed E-state index contributed by atoms with van der Waals surface area (Å²) in [4.78, 5) is 26.9. The summed E-state index contributed by atoms with van der Waals surface area (Å²) in [5, 5.41) is 2.89. The summed E-state index contributed by atoms with van der Waals surface area (Å²) in [6.07, 6.45) is 1.47. The van der Waals surface area contributed by atoms with Crippen molar-refractivity contribution in [3.8, 4) is 5.75 Å². The highest BCUT2D eigenvalue weighted by Gasteiger charge is 2.29. The summed E-state index contributed by atoms with van der Waals surface area (Å²) < 4.78 is 18.5. The van der Waals surface area contributed by atoms with E-state index in [-0.39, 0.29) is 36.0 Å². The molecule has 2 aromatic rings. The molecule has 0 saturated carbocycles. The summed E-state index contributed by atoms with van der Waals surface area (Å²) in [6.45, 7) is 1.81. The number of halogens is 2. The molecule has 1 fully saturated rings. The van der Waals surface area contributed by atoms with Crippen LogP contribution in [0.4, 0.5) is 10.1 Å². The van der Waals surface area contributed by atoms with Gasteiger partial charge in [-0.1, -0.05) is 0 Å². The molecule has 0 bridgehead atoms.